The summed E-state index contributed by atoms with van der Waals surface area (Å²) in [5, 5.41) is 0. The summed E-state index contributed by atoms with van der Waals surface area (Å²) in [6.07, 6.45) is 3.27. The van der Waals surface area contributed by atoms with Crippen LogP contribution >= 0.6 is 0 Å². The summed E-state index contributed by atoms with van der Waals surface area (Å²) < 4.78 is 0. The smallest absolute Gasteiger partial charge is 0.132 e. The summed E-state index contributed by atoms with van der Waals surface area (Å²) in [5.74, 6) is 2.75. The van der Waals surface area contributed by atoms with Gasteiger partial charge in [0.05, 0.1) is 0 Å². The molecule has 2 unspecified atom stereocenters. The third-order valence-corrected chi connectivity index (χ3v) is 3.75. The van der Waals surface area contributed by atoms with E-state index in [4.69, 9.17) is 5.73 Å². The molecule has 0 saturated carbocycles. The van der Waals surface area contributed by atoms with Crippen LogP contribution < -0.4 is 10.6 Å². The van der Waals surface area contributed by atoms with E-state index in [-0.39, 0.29) is 0 Å². The number of hydrogen-bond acceptors (Lipinski definition) is 4. The average Bonchev–Trinajstić information content (AvgIpc) is 2.37. The van der Waals surface area contributed by atoms with Crippen molar-refractivity contribution in [1.29, 1.82) is 0 Å². The molecule has 1 fully saturated rings. The zero-order chi connectivity index (χ0) is 13.1. The fourth-order valence-electron chi connectivity index (χ4n) is 2.69. The first-order valence-corrected chi connectivity index (χ1v) is 6.95. The van der Waals surface area contributed by atoms with Gasteiger partial charge >= 0.3 is 0 Å². The molecule has 0 radical (unpaired) electrons. The number of piperidine rings is 1. The summed E-state index contributed by atoms with van der Waals surface area (Å²) in [7, 11) is 0. The van der Waals surface area contributed by atoms with Gasteiger partial charge in [-0.3, -0.25) is 0 Å². The molecular weight excluding hydrogens is 224 g/mol. The summed E-state index contributed by atoms with van der Waals surface area (Å²) >= 11 is 0. The maximum atomic E-state index is 5.92. The van der Waals surface area contributed by atoms with E-state index in [1.54, 1.807) is 0 Å². The molecule has 0 amide bonds. The fraction of sp³-hybridized carbons (Fsp3) is 0.714. The molecule has 1 aromatic heterocycles. The Morgan fingerprint density at radius 1 is 1.44 bits per heavy atom. The molecule has 2 heterocycles. The quantitative estimate of drug-likeness (QED) is 0.888. The third kappa shape index (κ3) is 2.80. The van der Waals surface area contributed by atoms with Crippen LogP contribution in [0.15, 0.2) is 6.07 Å². The normalized spacial score (nSPS) is 24.3. The van der Waals surface area contributed by atoms with Crippen molar-refractivity contribution in [2.75, 3.05) is 18.0 Å². The summed E-state index contributed by atoms with van der Waals surface area (Å²) in [4.78, 5) is 11.5. The van der Waals surface area contributed by atoms with Crippen LogP contribution in [0.2, 0.25) is 0 Å². The number of nitrogens with two attached hydrogens (primary N) is 1. The molecule has 0 aromatic carbocycles. The molecule has 4 heteroatoms. The molecule has 0 aliphatic carbocycles. The standard InChI is InChI=1S/C14H24N4/c1-4-13-16-11(3)8-14(17-13)18-6-5-10(2)7-12(18)9-15/h8,10,12H,4-7,9,15H2,1-3H3. The number of anilines is 1. The molecule has 2 rings (SSSR count). The van der Waals surface area contributed by atoms with Gasteiger partial charge in [-0.1, -0.05) is 13.8 Å². The Kier molecular flexibility index (Phi) is 4.17. The van der Waals surface area contributed by atoms with Gasteiger partial charge < -0.3 is 10.6 Å². The van der Waals surface area contributed by atoms with Crippen LogP contribution in [0.5, 0.6) is 0 Å². The largest absolute Gasteiger partial charge is 0.352 e. The molecule has 18 heavy (non-hydrogen) atoms. The van der Waals surface area contributed by atoms with E-state index in [2.05, 4.69) is 34.8 Å². The van der Waals surface area contributed by atoms with Crippen molar-refractivity contribution < 1.29 is 0 Å². The maximum Gasteiger partial charge on any atom is 0.132 e. The minimum absolute atomic E-state index is 0.424. The van der Waals surface area contributed by atoms with Crippen LogP contribution in [-0.4, -0.2) is 29.1 Å². The number of nitrogens with zero attached hydrogens (tertiary/aromatic N) is 3. The Bertz CT molecular complexity index is 405. The van der Waals surface area contributed by atoms with Gasteiger partial charge in [-0.05, 0) is 25.7 Å². The van der Waals surface area contributed by atoms with E-state index in [0.717, 1.165) is 36.2 Å². The molecule has 2 atom stereocenters. The number of rotatable bonds is 3. The predicted molar refractivity (Wildman–Crippen MR) is 74.7 cm³/mol. The first-order chi connectivity index (χ1) is 8.63. The lowest BCUT2D eigenvalue weighted by Gasteiger charge is -2.39. The summed E-state index contributed by atoms with van der Waals surface area (Å²) in [6.45, 7) is 8.20. The monoisotopic (exact) mass is 248 g/mol. The second-order valence-electron chi connectivity index (χ2n) is 5.35. The van der Waals surface area contributed by atoms with E-state index in [9.17, 15) is 0 Å². The summed E-state index contributed by atoms with van der Waals surface area (Å²) in [5.41, 5.74) is 6.96. The van der Waals surface area contributed by atoms with Crippen molar-refractivity contribution in [2.24, 2.45) is 11.7 Å². The van der Waals surface area contributed by atoms with Crippen LogP contribution in [-0.2, 0) is 6.42 Å². The second-order valence-corrected chi connectivity index (χ2v) is 5.35. The second kappa shape index (κ2) is 5.65. The minimum Gasteiger partial charge on any atom is -0.352 e. The zero-order valence-electron chi connectivity index (χ0n) is 11.7. The first-order valence-electron chi connectivity index (χ1n) is 6.95. The van der Waals surface area contributed by atoms with Crippen molar-refractivity contribution >= 4 is 5.82 Å². The van der Waals surface area contributed by atoms with E-state index in [0.29, 0.717) is 12.6 Å². The molecule has 0 spiro atoms. The van der Waals surface area contributed by atoms with Gasteiger partial charge in [-0.2, -0.15) is 0 Å². The van der Waals surface area contributed by atoms with Crippen LogP contribution in [0.4, 0.5) is 5.82 Å². The SMILES string of the molecule is CCc1nc(C)cc(N2CCC(C)CC2CN)n1. The molecular formula is C14H24N4. The van der Waals surface area contributed by atoms with Crippen LogP contribution in [0, 0.1) is 12.8 Å². The van der Waals surface area contributed by atoms with Crippen molar-refractivity contribution in [3.8, 4) is 0 Å². The van der Waals surface area contributed by atoms with Gasteiger partial charge in [0, 0.05) is 37.3 Å². The highest BCUT2D eigenvalue weighted by molar-refractivity contribution is 5.41. The first kappa shape index (κ1) is 13.3. The molecule has 1 saturated heterocycles. The summed E-state index contributed by atoms with van der Waals surface area (Å²) in [6, 6.07) is 2.51. The highest BCUT2D eigenvalue weighted by atomic mass is 15.2. The topological polar surface area (TPSA) is 55.0 Å². The molecule has 1 aromatic rings. The van der Waals surface area contributed by atoms with Crippen molar-refractivity contribution in [1.82, 2.24) is 9.97 Å². The molecule has 1 aliphatic heterocycles. The number of hydrogen-bond donors (Lipinski definition) is 1. The van der Waals surface area contributed by atoms with Gasteiger partial charge in [-0.25, -0.2) is 9.97 Å². The zero-order valence-corrected chi connectivity index (χ0v) is 11.7. The van der Waals surface area contributed by atoms with Crippen molar-refractivity contribution in [2.45, 2.75) is 46.1 Å². The highest BCUT2D eigenvalue weighted by Gasteiger charge is 2.26. The van der Waals surface area contributed by atoms with E-state index >= 15 is 0 Å². The predicted octanol–water partition coefficient (Wildman–Crippen LogP) is 1.91. The number of aromatic nitrogens is 2. The Morgan fingerprint density at radius 2 is 2.22 bits per heavy atom. The molecule has 1 aliphatic rings. The van der Waals surface area contributed by atoms with Gasteiger partial charge in [0.2, 0.25) is 0 Å². The van der Waals surface area contributed by atoms with E-state index < -0.39 is 0 Å². The van der Waals surface area contributed by atoms with E-state index in [1.807, 2.05) is 6.92 Å². The van der Waals surface area contributed by atoms with Crippen LogP contribution in [0.3, 0.4) is 0 Å². The Balaban J connectivity index is 2.26. The Labute approximate surface area is 110 Å². The lowest BCUT2D eigenvalue weighted by atomic mass is 9.92. The fourth-order valence-corrected chi connectivity index (χ4v) is 2.69. The minimum atomic E-state index is 0.424. The van der Waals surface area contributed by atoms with Gasteiger partial charge in [-0.15, -0.1) is 0 Å². The van der Waals surface area contributed by atoms with Gasteiger partial charge in [0.1, 0.15) is 11.6 Å². The Morgan fingerprint density at radius 3 is 2.89 bits per heavy atom. The molecule has 4 nitrogen and oxygen atoms in total. The van der Waals surface area contributed by atoms with Crippen molar-refractivity contribution in [3.05, 3.63) is 17.6 Å². The highest BCUT2D eigenvalue weighted by Crippen LogP contribution is 2.26. The lowest BCUT2D eigenvalue weighted by molar-refractivity contribution is 0.364. The Hall–Kier alpha value is -1.16. The molecule has 100 valence electrons. The van der Waals surface area contributed by atoms with Gasteiger partial charge in [0.15, 0.2) is 0 Å². The number of aryl methyl sites for hydroxylation is 2. The lowest BCUT2D eigenvalue weighted by Crippen LogP contribution is -2.46. The van der Waals surface area contributed by atoms with Crippen molar-refractivity contribution in [3.63, 3.8) is 0 Å². The average molecular weight is 248 g/mol. The van der Waals surface area contributed by atoms with Gasteiger partial charge in [0.25, 0.3) is 0 Å². The van der Waals surface area contributed by atoms with E-state index in [1.165, 1.54) is 12.8 Å². The van der Waals surface area contributed by atoms with Crippen LogP contribution in [0.1, 0.15) is 38.2 Å². The maximum absolute atomic E-state index is 5.92. The molecule has 0 bridgehead atoms. The third-order valence-electron chi connectivity index (χ3n) is 3.75. The van der Waals surface area contributed by atoms with Crippen LogP contribution in [0.25, 0.3) is 0 Å². The molecule has 2 N–H and O–H groups in total.